The number of carboxylic acids is 1. The number of ether oxygens (including phenoxy) is 1. The molecule has 0 unspecified atom stereocenters. The molecule has 47 heavy (non-hydrogen) atoms. The first-order valence-electron chi connectivity index (χ1n) is 14.4. The first-order chi connectivity index (χ1) is 22.1. The first-order valence-corrected chi connectivity index (χ1v) is 16.9. The van der Waals surface area contributed by atoms with Gasteiger partial charge in [0.1, 0.15) is 21.2 Å². The normalized spacial score (nSPS) is 23.4. The van der Waals surface area contributed by atoms with E-state index in [4.69, 9.17) is 13.6 Å². The van der Waals surface area contributed by atoms with E-state index in [9.17, 15) is 42.0 Å². The summed E-state index contributed by atoms with van der Waals surface area (Å²) >= 11 is 1.44. The van der Waals surface area contributed by atoms with E-state index in [1.54, 1.807) is 23.1 Å². The summed E-state index contributed by atoms with van der Waals surface area (Å²) in [4.78, 5) is 65.1. The van der Waals surface area contributed by atoms with Crippen molar-refractivity contribution in [3.05, 3.63) is 74.9 Å². The summed E-state index contributed by atoms with van der Waals surface area (Å²) in [6.07, 6.45) is 2.02. The highest BCUT2D eigenvalue weighted by molar-refractivity contribution is 8.00. The highest BCUT2D eigenvalue weighted by atomic mass is 32.2. The number of carbonyl (C=O) groups is 4. The predicted octanol–water partition coefficient (Wildman–Crippen LogP) is 0.174. The summed E-state index contributed by atoms with van der Waals surface area (Å²) in [7, 11) is -4.27. The molecule has 1 aromatic carbocycles. The fourth-order valence-electron chi connectivity index (χ4n) is 5.62. The molecule has 0 aliphatic carbocycles. The van der Waals surface area contributed by atoms with Gasteiger partial charge < -0.3 is 38.8 Å². The SMILES string of the molecule is Cc1ccc(S(=O)(=O)[O-])cc1.Cc1oc(=O)oc1COC(=O)N1CC[C@@H](N2CC/C(=C\C3=C(C(=O)O)N4C(=O)[C@@H]([NH3+])[C@H]4SC3)C2=O)C1. The number of aryl methyl sites for hydroxylation is 2. The molecule has 1 aromatic heterocycles. The molecule has 0 bridgehead atoms. The fourth-order valence-corrected chi connectivity index (χ4v) is 7.37. The van der Waals surface area contributed by atoms with Crippen LogP contribution in [0.25, 0.3) is 0 Å². The number of benzene rings is 1. The zero-order valence-electron chi connectivity index (χ0n) is 25.4. The van der Waals surface area contributed by atoms with Gasteiger partial charge in [-0.25, -0.2) is 22.8 Å². The number of amides is 3. The largest absolute Gasteiger partial charge is 0.744 e. The Bertz CT molecular complexity index is 1830. The molecule has 0 saturated carbocycles. The number of aliphatic carboxylic acids is 1. The number of fused-ring (bicyclic) bond motifs is 1. The molecule has 4 aliphatic heterocycles. The van der Waals surface area contributed by atoms with Gasteiger partial charge in [-0.1, -0.05) is 17.7 Å². The van der Waals surface area contributed by atoms with Gasteiger partial charge >= 0.3 is 17.9 Å². The fraction of sp³-hybridized carbons (Fsp3) is 0.414. The number of hydrogen-bond acceptors (Lipinski definition) is 12. The molecular weight excluding hydrogens is 660 g/mol. The summed E-state index contributed by atoms with van der Waals surface area (Å²) < 4.78 is 46.0. The van der Waals surface area contributed by atoms with Gasteiger partial charge in [-0.2, -0.15) is 0 Å². The lowest BCUT2D eigenvalue weighted by Gasteiger charge is -2.45. The van der Waals surface area contributed by atoms with E-state index in [2.05, 4.69) is 5.73 Å². The number of rotatable bonds is 6. The smallest absolute Gasteiger partial charge is 0.519 e. The van der Waals surface area contributed by atoms with Crippen LogP contribution in [0.2, 0.25) is 0 Å². The maximum atomic E-state index is 13.1. The molecular formula is C29H32N4O12S2. The van der Waals surface area contributed by atoms with Crippen molar-refractivity contribution < 1.29 is 56.6 Å². The molecule has 16 nitrogen and oxygen atoms in total. The van der Waals surface area contributed by atoms with Crippen LogP contribution < -0.4 is 11.6 Å². The minimum absolute atomic E-state index is 0.0825. The Morgan fingerprint density at radius 3 is 2.47 bits per heavy atom. The van der Waals surface area contributed by atoms with E-state index in [0.717, 1.165) is 5.56 Å². The van der Waals surface area contributed by atoms with E-state index >= 15 is 0 Å². The monoisotopic (exact) mass is 692 g/mol. The average molecular weight is 693 g/mol. The third-order valence-electron chi connectivity index (χ3n) is 8.15. The number of hydrogen-bond donors (Lipinski definition) is 2. The maximum Gasteiger partial charge on any atom is 0.519 e. The van der Waals surface area contributed by atoms with Crippen molar-refractivity contribution in [2.24, 2.45) is 0 Å². The van der Waals surface area contributed by atoms with E-state index in [0.29, 0.717) is 49.4 Å². The number of thioether (sulfide) groups is 1. The number of carbonyl (C=O) groups excluding carboxylic acids is 3. The van der Waals surface area contributed by atoms with Crippen molar-refractivity contribution in [1.82, 2.24) is 14.7 Å². The van der Waals surface area contributed by atoms with Crippen molar-refractivity contribution in [2.45, 2.75) is 55.6 Å². The highest BCUT2D eigenvalue weighted by Crippen LogP contribution is 2.40. The minimum Gasteiger partial charge on any atom is -0.744 e. The van der Waals surface area contributed by atoms with Crippen molar-refractivity contribution in [3.63, 3.8) is 0 Å². The number of carboxylic acid groups (broad SMARTS) is 1. The average Bonchev–Trinajstić information content (AvgIpc) is 3.73. The van der Waals surface area contributed by atoms with Gasteiger partial charge in [-0.05, 0) is 50.5 Å². The Balaban J connectivity index is 0.000000335. The lowest BCUT2D eigenvalue weighted by atomic mass is 10.0. The third-order valence-corrected chi connectivity index (χ3v) is 10.4. The Morgan fingerprint density at radius 2 is 1.85 bits per heavy atom. The molecule has 252 valence electrons. The number of β-lactam (4-membered cyclic amide) rings is 1. The van der Waals surface area contributed by atoms with Crippen LogP contribution in [-0.2, 0) is 35.8 Å². The van der Waals surface area contributed by atoms with Crippen molar-refractivity contribution in [2.75, 3.05) is 25.4 Å². The standard InChI is InChI=1S/C22H24N4O9S.C7H8O3S/c1-10-14(35-22(32)34-10)8-33-21(31)24-4-3-13(7-24)25-5-2-11(17(25)27)6-12-9-36-19-15(23)18(28)26(19)16(12)20(29)30;1-6-2-4-7(5-3-6)11(8,9)10/h6,13,15,19H,2-5,7-9,23H2,1H3,(H,29,30);2-5H,1H3,(H,8,9,10)/b11-6+;/t13-,15-,19-;/m1./s1. The lowest BCUT2D eigenvalue weighted by molar-refractivity contribution is -0.423. The second-order valence-corrected chi connectivity index (χ2v) is 13.7. The van der Waals surface area contributed by atoms with Crippen LogP contribution >= 0.6 is 11.8 Å². The van der Waals surface area contributed by atoms with Gasteiger partial charge in [0, 0.05) is 31.0 Å². The molecule has 0 spiro atoms. The Labute approximate surface area is 272 Å². The summed E-state index contributed by atoms with van der Waals surface area (Å²) in [5.74, 6) is -1.85. The Kier molecular flexibility index (Phi) is 9.67. The highest BCUT2D eigenvalue weighted by Gasteiger charge is 2.54. The van der Waals surface area contributed by atoms with Gasteiger partial charge in [0.2, 0.25) is 5.91 Å². The molecule has 2 aromatic rings. The lowest BCUT2D eigenvalue weighted by Crippen LogP contribution is -2.83. The number of allylic oxidation sites excluding steroid dienone is 1. The first kappa shape index (κ1) is 34.0. The maximum absolute atomic E-state index is 13.1. The molecule has 0 radical (unpaired) electrons. The van der Waals surface area contributed by atoms with E-state index in [-0.39, 0.29) is 51.9 Å². The molecule has 3 saturated heterocycles. The molecule has 3 atom stereocenters. The van der Waals surface area contributed by atoms with Crippen LogP contribution in [-0.4, -0.2) is 99.5 Å². The number of nitrogens with zero attached hydrogens (tertiary/aromatic N) is 3. The summed E-state index contributed by atoms with van der Waals surface area (Å²) in [6.45, 7) is 4.26. The van der Waals surface area contributed by atoms with E-state index in [1.165, 1.54) is 40.6 Å². The number of likely N-dealkylation sites (tertiary alicyclic amines) is 2. The zero-order chi connectivity index (χ0) is 34.2. The molecule has 3 fully saturated rings. The molecule has 4 aliphatic rings. The van der Waals surface area contributed by atoms with Crippen LogP contribution in [0.1, 0.15) is 29.9 Å². The summed E-state index contributed by atoms with van der Waals surface area (Å²) in [5, 5.41) is 9.44. The molecule has 4 N–H and O–H groups in total. The molecule has 18 heteroatoms. The molecule has 5 heterocycles. The van der Waals surface area contributed by atoms with Crippen molar-refractivity contribution in [3.8, 4) is 0 Å². The Morgan fingerprint density at radius 1 is 1.15 bits per heavy atom. The van der Waals surface area contributed by atoms with Crippen molar-refractivity contribution >= 4 is 45.8 Å². The second kappa shape index (κ2) is 13.4. The summed E-state index contributed by atoms with van der Waals surface area (Å²) in [5.41, 5.74) is 5.55. The second-order valence-electron chi connectivity index (χ2n) is 11.3. The van der Waals surface area contributed by atoms with Crippen LogP contribution in [0.5, 0.6) is 0 Å². The number of quaternary nitrogens is 1. The van der Waals surface area contributed by atoms with Gasteiger partial charge in [0.05, 0.1) is 10.9 Å². The van der Waals surface area contributed by atoms with Gasteiger partial charge in [-0.15, -0.1) is 11.8 Å². The topological polar surface area (TPSA) is 236 Å². The Hall–Kier alpha value is -4.39. The van der Waals surface area contributed by atoms with Crippen LogP contribution in [0.3, 0.4) is 0 Å². The van der Waals surface area contributed by atoms with E-state index < -0.39 is 34.0 Å². The van der Waals surface area contributed by atoms with Crippen LogP contribution in [0.15, 0.2) is 65.7 Å². The minimum atomic E-state index is -4.27. The van der Waals surface area contributed by atoms with Crippen molar-refractivity contribution in [1.29, 1.82) is 0 Å². The summed E-state index contributed by atoms with van der Waals surface area (Å²) in [6, 6.07) is 5.11. The quantitative estimate of drug-likeness (QED) is 0.234. The third kappa shape index (κ3) is 7.14. The van der Waals surface area contributed by atoms with Crippen LogP contribution in [0, 0.1) is 13.8 Å². The van der Waals surface area contributed by atoms with Crippen LogP contribution in [0.4, 0.5) is 4.79 Å². The van der Waals surface area contributed by atoms with Gasteiger partial charge in [-0.3, -0.25) is 14.5 Å². The van der Waals surface area contributed by atoms with E-state index in [1.807, 2.05) is 6.92 Å². The van der Waals surface area contributed by atoms with Gasteiger partial charge in [0.15, 0.2) is 24.2 Å². The zero-order valence-corrected chi connectivity index (χ0v) is 27.0. The van der Waals surface area contributed by atoms with Gasteiger partial charge in [0.25, 0.3) is 5.91 Å². The molecule has 3 amide bonds. The molecule has 6 rings (SSSR count). The predicted molar refractivity (Wildman–Crippen MR) is 160 cm³/mol.